The van der Waals surface area contributed by atoms with Gasteiger partial charge in [0.05, 0.1) is 11.9 Å². The molecule has 1 aliphatic rings. The van der Waals surface area contributed by atoms with Crippen LogP contribution in [0.1, 0.15) is 24.0 Å². The molecule has 1 fully saturated rings. The Labute approximate surface area is 118 Å². The number of rotatable bonds is 5. The van der Waals surface area contributed by atoms with Crippen LogP contribution in [0.5, 0.6) is 0 Å². The molecule has 0 heterocycles. The van der Waals surface area contributed by atoms with E-state index in [-0.39, 0.29) is 5.75 Å². The van der Waals surface area contributed by atoms with Crippen LogP contribution in [0.15, 0.2) is 24.3 Å². The lowest BCUT2D eigenvalue weighted by Crippen LogP contribution is -2.28. The van der Waals surface area contributed by atoms with E-state index in [1.807, 2.05) is 19.1 Å². The number of aliphatic carboxylic acids is 1. The van der Waals surface area contributed by atoms with Crippen LogP contribution in [0.4, 0.5) is 0 Å². The molecule has 20 heavy (non-hydrogen) atoms. The summed E-state index contributed by atoms with van der Waals surface area (Å²) in [6, 6.07) is 7.09. The summed E-state index contributed by atoms with van der Waals surface area (Å²) in [5.41, 5.74) is 0.0488. The molecule has 2 rings (SSSR count). The van der Waals surface area contributed by atoms with E-state index in [1.54, 1.807) is 12.1 Å². The Kier molecular flexibility index (Phi) is 3.64. The smallest absolute Gasteiger partial charge is 0.314 e. The molecule has 0 aromatic heterocycles. The van der Waals surface area contributed by atoms with Gasteiger partial charge in [-0.05, 0) is 12.5 Å². The number of hydrogen-bond donors (Lipinski definition) is 2. The summed E-state index contributed by atoms with van der Waals surface area (Å²) in [6.45, 7) is 2.71. The number of sulfone groups is 1. The minimum absolute atomic E-state index is 0.130. The summed E-state index contributed by atoms with van der Waals surface area (Å²) in [6.07, 6.45) is 0. The summed E-state index contributed by atoms with van der Waals surface area (Å²) in [4.78, 5) is 11.5. The number of aliphatic hydroxyl groups is 1. The molecule has 3 unspecified atom stereocenters. The normalized spacial score (nSPS) is 29.1. The van der Waals surface area contributed by atoms with Crippen molar-refractivity contribution in [1.82, 2.24) is 0 Å². The molecule has 1 aromatic carbocycles. The molecule has 0 amide bonds. The van der Waals surface area contributed by atoms with Crippen LogP contribution in [0.2, 0.25) is 0 Å². The van der Waals surface area contributed by atoms with Crippen molar-refractivity contribution in [2.75, 3.05) is 12.4 Å². The molecule has 6 heteroatoms. The SMILES string of the molecule is CCS(=O)(=O)C1C(c2ccc(C)cc2)C1(CO)C(=O)O. The molecule has 2 N–H and O–H groups in total. The fourth-order valence-electron chi connectivity index (χ4n) is 2.87. The van der Waals surface area contributed by atoms with E-state index >= 15 is 0 Å². The van der Waals surface area contributed by atoms with Gasteiger partial charge in [-0.15, -0.1) is 0 Å². The largest absolute Gasteiger partial charge is 0.481 e. The van der Waals surface area contributed by atoms with Gasteiger partial charge in [0, 0.05) is 11.7 Å². The van der Waals surface area contributed by atoms with E-state index in [0.717, 1.165) is 5.56 Å². The number of hydrogen-bond acceptors (Lipinski definition) is 4. The minimum Gasteiger partial charge on any atom is -0.481 e. The van der Waals surface area contributed by atoms with E-state index in [2.05, 4.69) is 0 Å². The highest BCUT2D eigenvalue weighted by Crippen LogP contribution is 2.63. The molecule has 1 saturated carbocycles. The predicted molar refractivity (Wildman–Crippen MR) is 74.3 cm³/mol. The number of carboxylic acid groups (broad SMARTS) is 1. The Hall–Kier alpha value is -1.40. The summed E-state index contributed by atoms with van der Waals surface area (Å²) in [5, 5.41) is 17.8. The molecule has 110 valence electrons. The average molecular weight is 298 g/mol. The summed E-state index contributed by atoms with van der Waals surface area (Å²) < 4.78 is 24.2. The molecular weight excluding hydrogens is 280 g/mol. The molecule has 3 atom stereocenters. The zero-order valence-electron chi connectivity index (χ0n) is 11.4. The van der Waals surface area contributed by atoms with Crippen LogP contribution in [-0.4, -0.2) is 42.2 Å². The van der Waals surface area contributed by atoms with Crippen molar-refractivity contribution in [3.05, 3.63) is 35.4 Å². The molecule has 5 nitrogen and oxygen atoms in total. The highest BCUT2D eigenvalue weighted by atomic mass is 32.2. The molecular formula is C14H18O5S. The van der Waals surface area contributed by atoms with Gasteiger partial charge in [-0.1, -0.05) is 36.8 Å². The Bertz CT molecular complexity index is 619. The van der Waals surface area contributed by atoms with E-state index in [1.165, 1.54) is 6.92 Å². The maximum absolute atomic E-state index is 12.1. The molecule has 0 aliphatic heterocycles. The lowest BCUT2D eigenvalue weighted by Gasteiger charge is -2.08. The van der Waals surface area contributed by atoms with Crippen LogP contribution >= 0.6 is 0 Å². The van der Waals surface area contributed by atoms with Crippen molar-refractivity contribution in [2.45, 2.75) is 25.0 Å². The highest BCUT2D eigenvalue weighted by Gasteiger charge is 2.75. The fraction of sp³-hybridized carbons (Fsp3) is 0.500. The van der Waals surface area contributed by atoms with Gasteiger partial charge in [0.15, 0.2) is 9.84 Å². The first kappa shape index (κ1) is 15.0. The first-order valence-corrected chi connectivity index (χ1v) is 8.15. The molecule has 0 bridgehead atoms. The third-order valence-electron chi connectivity index (χ3n) is 4.14. The Morgan fingerprint density at radius 1 is 1.30 bits per heavy atom. The number of aryl methyl sites for hydroxylation is 1. The van der Waals surface area contributed by atoms with Gasteiger partial charge in [0.1, 0.15) is 5.41 Å². The van der Waals surface area contributed by atoms with Gasteiger partial charge in [-0.3, -0.25) is 4.79 Å². The van der Waals surface area contributed by atoms with Crippen LogP contribution in [0.3, 0.4) is 0 Å². The second-order valence-electron chi connectivity index (χ2n) is 5.26. The summed E-state index contributed by atoms with van der Waals surface area (Å²) >= 11 is 0. The topological polar surface area (TPSA) is 91.7 Å². The number of aliphatic hydroxyl groups excluding tert-OH is 1. The van der Waals surface area contributed by atoms with Crippen LogP contribution in [0, 0.1) is 12.3 Å². The third kappa shape index (κ3) is 2.03. The van der Waals surface area contributed by atoms with E-state index in [0.29, 0.717) is 5.56 Å². The second-order valence-corrected chi connectivity index (χ2v) is 7.68. The van der Waals surface area contributed by atoms with Crippen LogP contribution in [-0.2, 0) is 14.6 Å². The molecule has 0 spiro atoms. The average Bonchev–Trinajstić information content (AvgIpc) is 3.11. The van der Waals surface area contributed by atoms with E-state index in [4.69, 9.17) is 0 Å². The second kappa shape index (κ2) is 4.86. The van der Waals surface area contributed by atoms with Crippen molar-refractivity contribution >= 4 is 15.8 Å². The Morgan fingerprint density at radius 3 is 2.25 bits per heavy atom. The predicted octanol–water partition coefficient (Wildman–Crippen LogP) is 0.959. The van der Waals surface area contributed by atoms with Crippen molar-refractivity contribution in [1.29, 1.82) is 0 Å². The standard InChI is InChI=1S/C14H18O5S/c1-3-20(18,19)12-11(14(12,8-15)13(16)17)10-6-4-9(2)5-7-10/h4-7,11-12,15H,3,8H2,1-2H3,(H,16,17). The number of carbonyl (C=O) groups is 1. The van der Waals surface area contributed by atoms with Gasteiger partial charge in [0.25, 0.3) is 0 Å². The van der Waals surface area contributed by atoms with Crippen molar-refractivity contribution in [2.24, 2.45) is 5.41 Å². The zero-order valence-corrected chi connectivity index (χ0v) is 12.2. The van der Waals surface area contributed by atoms with E-state index in [9.17, 15) is 23.4 Å². The molecule has 0 saturated heterocycles. The van der Waals surface area contributed by atoms with Gasteiger partial charge in [-0.25, -0.2) is 8.42 Å². The van der Waals surface area contributed by atoms with Gasteiger partial charge >= 0.3 is 5.97 Å². The quantitative estimate of drug-likeness (QED) is 0.844. The third-order valence-corrected chi connectivity index (χ3v) is 6.41. The van der Waals surface area contributed by atoms with Crippen molar-refractivity contribution in [3.63, 3.8) is 0 Å². The van der Waals surface area contributed by atoms with Crippen LogP contribution in [0.25, 0.3) is 0 Å². The maximum Gasteiger partial charge on any atom is 0.314 e. The van der Waals surface area contributed by atoms with Crippen molar-refractivity contribution in [3.8, 4) is 0 Å². The van der Waals surface area contributed by atoms with Gasteiger partial charge < -0.3 is 10.2 Å². The Morgan fingerprint density at radius 2 is 1.85 bits per heavy atom. The van der Waals surface area contributed by atoms with E-state index < -0.39 is 39.0 Å². The van der Waals surface area contributed by atoms with Gasteiger partial charge in [-0.2, -0.15) is 0 Å². The molecule has 1 aromatic rings. The lowest BCUT2D eigenvalue weighted by atomic mass is 9.99. The first-order valence-electron chi connectivity index (χ1n) is 6.43. The van der Waals surface area contributed by atoms with Gasteiger partial charge in [0.2, 0.25) is 0 Å². The monoisotopic (exact) mass is 298 g/mol. The van der Waals surface area contributed by atoms with Crippen molar-refractivity contribution < 1.29 is 23.4 Å². The van der Waals surface area contributed by atoms with Crippen LogP contribution < -0.4 is 0 Å². The zero-order chi connectivity index (χ0) is 15.1. The minimum atomic E-state index is -3.54. The fourth-order valence-corrected chi connectivity index (χ4v) is 4.93. The number of carboxylic acids is 1. The molecule has 0 radical (unpaired) electrons. The first-order chi connectivity index (χ1) is 9.31. The highest BCUT2D eigenvalue weighted by molar-refractivity contribution is 7.92. The Balaban J connectivity index is 2.50. The summed E-state index contributed by atoms with van der Waals surface area (Å²) in [7, 11) is -3.54. The molecule has 1 aliphatic carbocycles. The number of benzene rings is 1. The lowest BCUT2D eigenvalue weighted by molar-refractivity contribution is -0.145. The summed E-state index contributed by atoms with van der Waals surface area (Å²) in [5.74, 6) is -2.07. The maximum atomic E-state index is 12.1.